The summed E-state index contributed by atoms with van der Waals surface area (Å²) in [5.41, 5.74) is 3.06. The number of benzene rings is 2. The lowest BCUT2D eigenvalue weighted by molar-refractivity contribution is -0.0461. The summed E-state index contributed by atoms with van der Waals surface area (Å²) in [7, 11) is 1.39. The summed E-state index contributed by atoms with van der Waals surface area (Å²) in [6, 6.07) is 14.9. The predicted octanol–water partition coefficient (Wildman–Crippen LogP) is 6.91. The van der Waals surface area contributed by atoms with Crippen LogP contribution in [0.1, 0.15) is 70.4 Å². The third kappa shape index (κ3) is 5.25. The zero-order valence-corrected chi connectivity index (χ0v) is 19.5. The monoisotopic (exact) mass is 427 g/mol. The largest absolute Gasteiger partial charge is 0.562 e. The molecule has 2 atom stereocenters. The average molecular weight is 428 g/mol. The summed E-state index contributed by atoms with van der Waals surface area (Å²) >= 11 is 0. The Morgan fingerprint density at radius 3 is 2.13 bits per heavy atom. The molecule has 6 heteroatoms. The summed E-state index contributed by atoms with van der Waals surface area (Å²) in [4.78, 5) is 33.0. The normalized spacial score (nSPS) is 14.0. The molecule has 0 saturated carbocycles. The van der Waals surface area contributed by atoms with Gasteiger partial charge in [0, 0.05) is 18.2 Å². The van der Waals surface area contributed by atoms with Crippen molar-refractivity contribution in [1.29, 1.82) is 0 Å². The first-order valence-corrected chi connectivity index (χ1v) is 11.0. The van der Waals surface area contributed by atoms with Gasteiger partial charge in [-0.25, -0.2) is 9.63 Å². The third-order valence-electron chi connectivity index (χ3n) is 5.68. The van der Waals surface area contributed by atoms with E-state index >= 15 is 0 Å². The van der Waals surface area contributed by atoms with Crippen LogP contribution in [-0.2, 0) is 4.84 Å². The van der Waals surface area contributed by atoms with E-state index in [0.29, 0.717) is 18.7 Å². The molecule has 0 aromatic heterocycles. The van der Waals surface area contributed by atoms with E-state index in [4.69, 9.17) is 4.84 Å². The van der Waals surface area contributed by atoms with Crippen molar-refractivity contribution in [3.63, 3.8) is 0 Å². The molecule has 6 nitrogen and oxygen atoms in total. The van der Waals surface area contributed by atoms with Gasteiger partial charge in [-0.15, -0.1) is 0 Å². The van der Waals surface area contributed by atoms with Crippen molar-refractivity contribution < 1.29 is 19.5 Å². The van der Waals surface area contributed by atoms with Gasteiger partial charge in [0.25, 0.3) is 0 Å². The number of anilines is 1. The van der Waals surface area contributed by atoms with Gasteiger partial charge in [0.15, 0.2) is 5.69 Å². The number of carboxylic acid groups (broad SMARTS) is 1. The second-order valence-corrected chi connectivity index (χ2v) is 8.30. The highest BCUT2D eigenvalue weighted by Crippen LogP contribution is 2.34. The Balaban J connectivity index is 2.51. The van der Waals surface area contributed by atoms with Crippen LogP contribution in [0, 0.1) is 0 Å². The van der Waals surface area contributed by atoms with Gasteiger partial charge in [0.2, 0.25) is 0 Å². The van der Waals surface area contributed by atoms with E-state index in [9.17, 15) is 14.7 Å². The van der Waals surface area contributed by atoms with Gasteiger partial charge in [-0.3, -0.25) is 4.90 Å². The second kappa shape index (κ2) is 10.4. The number of rotatable bonds is 7. The molecule has 2 unspecified atom stereocenters. The minimum Gasteiger partial charge on any atom is -0.432 e. The first-order chi connectivity index (χ1) is 14.7. The molecule has 31 heavy (non-hydrogen) atoms. The van der Waals surface area contributed by atoms with Crippen LogP contribution >= 0.6 is 0 Å². The molecule has 0 heterocycles. The van der Waals surface area contributed by atoms with Crippen molar-refractivity contribution >= 4 is 23.6 Å². The molecule has 2 aromatic carbocycles. The maximum Gasteiger partial charge on any atom is 0.562 e. The Labute approximate surface area is 185 Å². The molecule has 2 rings (SSSR count). The van der Waals surface area contributed by atoms with Gasteiger partial charge in [0.1, 0.15) is 7.05 Å². The molecular weight excluding hydrogens is 392 g/mol. The molecule has 2 aromatic rings. The van der Waals surface area contributed by atoms with Crippen LogP contribution in [0.5, 0.6) is 0 Å². The molecule has 0 aliphatic rings. The fourth-order valence-electron chi connectivity index (χ4n) is 3.66. The number of hydroxylamine groups is 2. The minimum absolute atomic E-state index is 0.0737. The number of para-hydroxylation sites is 2. The topological polar surface area (TPSA) is 66.8 Å². The minimum atomic E-state index is -1.26. The number of carbonyl (C=O) groups excluding carboxylic acids is 1. The molecular formula is C25H35N2O4+. The Morgan fingerprint density at radius 1 is 1.00 bits per heavy atom. The Hall–Kier alpha value is -2.86. The van der Waals surface area contributed by atoms with E-state index in [1.807, 2.05) is 57.2 Å². The van der Waals surface area contributed by atoms with Crippen LogP contribution in [0.25, 0.3) is 0 Å². The summed E-state index contributed by atoms with van der Waals surface area (Å²) in [5, 5.41) is 10.1. The van der Waals surface area contributed by atoms with E-state index in [2.05, 4.69) is 13.8 Å². The molecule has 168 valence electrons. The van der Waals surface area contributed by atoms with Crippen molar-refractivity contribution in [2.24, 2.45) is 0 Å². The van der Waals surface area contributed by atoms with Crippen LogP contribution in [0.2, 0.25) is 0 Å². The number of amides is 2. The third-order valence-corrected chi connectivity index (χ3v) is 5.68. The van der Waals surface area contributed by atoms with E-state index in [1.165, 1.54) is 7.05 Å². The molecule has 0 spiro atoms. The van der Waals surface area contributed by atoms with Crippen LogP contribution in [-0.4, -0.2) is 30.9 Å². The van der Waals surface area contributed by atoms with Gasteiger partial charge in [-0.05, 0) is 41.0 Å². The Morgan fingerprint density at radius 2 is 1.58 bits per heavy atom. The Kier molecular flexibility index (Phi) is 8.22. The van der Waals surface area contributed by atoms with E-state index in [-0.39, 0.29) is 11.8 Å². The zero-order chi connectivity index (χ0) is 23.2. The van der Waals surface area contributed by atoms with Crippen molar-refractivity contribution in [3.8, 4) is 0 Å². The van der Waals surface area contributed by atoms with Gasteiger partial charge in [-0.1, -0.05) is 71.0 Å². The summed E-state index contributed by atoms with van der Waals surface area (Å²) in [6.07, 6.45) is -0.297. The molecule has 0 bridgehead atoms. The van der Waals surface area contributed by atoms with Crippen molar-refractivity contribution in [3.05, 3.63) is 59.7 Å². The molecule has 0 fully saturated rings. The quantitative estimate of drug-likeness (QED) is 0.385. The number of hydrogen-bond donors (Lipinski definition) is 1. The van der Waals surface area contributed by atoms with Crippen LogP contribution in [0.3, 0.4) is 0 Å². The summed E-state index contributed by atoms with van der Waals surface area (Å²) in [6.45, 7) is 10.6. The molecule has 0 aliphatic carbocycles. The first-order valence-electron chi connectivity index (χ1n) is 11.0. The average Bonchev–Trinajstić information content (AvgIpc) is 2.76. The van der Waals surface area contributed by atoms with E-state index < -0.39 is 16.8 Å². The van der Waals surface area contributed by atoms with E-state index in [0.717, 1.165) is 23.2 Å². The van der Waals surface area contributed by atoms with Gasteiger partial charge in [0.05, 0.1) is 5.69 Å². The molecule has 2 amide bonds. The molecule has 0 radical (unpaired) electrons. The maximum atomic E-state index is 13.4. The zero-order valence-electron chi connectivity index (χ0n) is 19.5. The maximum absolute atomic E-state index is 13.4. The number of quaternary nitrogens is 1. The van der Waals surface area contributed by atoms with Crippen molar-refractivity contribution in [1.82, 2.24) is 4.65 Å². The van der Waals surface area contributed by atoms with Crippen LogP contribution in [0.15, 0.2) is 48.5 Å². The standard InChI is InChI=1S/C25H34N2O4/c1-7-17-26(22-15-11-9-14-21(22)19(5)8-2)24(28)31-27(6,25(29)30)23-16-12-10-13-20(23)18(3)4/h9-16,18-19H,7-8,17H2,1-6H3/p+1. The lowest BCUT2D eigenvalue weighted by Gasteiger charge is -2.31. The van der Waals surface area contributed by atoms with Gasteiger partial charge in [-0.2, -0.15) is 4.79 Å². The summed E-state index contributed by atoms with van der Waals surface area (Å²) in [5.74, 6) is 0.329. The first kappa shape index (κ1) is 24.4. The second-order valence-electron chi connectivity index (χ2n) is 8.30. The Bertz CT molecular complexity index is 912. The van der Waals surface area contributed by atoms with E-state index in [1.54, 1.807) is 17.0 Å². The fourth-order valence-corrected chi connectivity index (χ4v) is 3.66. The van der Waals surface area contributed by atoms with Gasteiger partial charge >= 0.3 is 12.2 Å². The van der Waals surface area contributed by atoms with Gasteiger partial charge < -0.3 is 5.11 Å². The highest BCUT2D eigenvalue weighted by Gasteiger charge is 2.44. The molecule has 0 aliphatic heterocycles. The summed E-state index contributed by atoms with van der Waals surface area (Å²) < 4.78 is -0.973. The predicted molar refractivity (Wildman–Crippen MR) is 126 cm³/mol. The van der Waals surface area contributed by atoms with Crippen molar-refractivity contribution in [2.75, 3.05) is 18.5 Å². The highest BCUT2D eigenvalue weighted by molar-refractivity contribution is 5.91. The SMILES string of the molecule is CCCN(C(=O)O[N+](C)(C(=O)O)c1ccccc1C(C)C)c1ccccc1C(C)CC. The number of hydrogen-bond acceptors (Lipinski definition) is 3. The fraction of sp³-hybridized carbons (Fsp3) is 0.440. The molecule has 0 saturated heterocycles. The van der Waals surface area contributed by atoms with Crippen molar-refractivity contribution in [2.45, 2.75) is 59.3 Å². The lowest BCUT2D eigenvalue weighted by atomic mass is 9.96. The number of carbonyl (C=O) groups is 2. The molecule has 1 N–H and O–H groups in total. The van der Waals surface area contributed by atoms with Crippen LogP contribution < -0.4 is 9.55 Å². The smallest absolute Gasteiger partial charge is 0.432 e. The highest BCUT2D eigenvalue weighted by atomic mass is 16.8. The lowest BCUT2D eigenvalue weighted by Crippen LogP contribution is -2.54. The van der Waals surface area contributed by atoms with Crippen LogP contribution in [0.4, 0.5) is 21.0 Å². The number of nitrogens with zero attached hydrogens (tertiary/aromatic N) is 2.